The van der Waals surface area contributed by atoms with Gasteiger partial charge in [-0.15, -0.1) is 0 Å². The van der Waals surface area contributed by atoms with Gasteiger partial charge in [0.2, 0.25) is 0 Å². The van der Waals surface area contributed by atoms with E-state index in [0.717, 1.165) is 0 Å². The van der Waals surface area contributed by atoms with Crippen molar-refractivity contribution in [3.63, 3.8) is 0 Å². The van der Waals surface area contributed by atoms with E-state index in [1.807, 2.05) is 0 Å². The van der Waals surface area contributed by atoms with Crippen molar-refractivity contribution < 1.29 is 137 Å². The van der Waals surface area contributed by atoms with Gasteiger partial charge >= 0.3 is 42.9 Å². The fourth-order valence-electron chi connectivity index (χ4n) is 0. The monoisotopic (exact) mass is 812 g/mol. The standard InChI is InChI=1S/Cu.5HI.In/h;5*1H;/q+2;;;;;;+3/p-5. The average Bonchev–Trinajstić information content (AvgIpc) is 0. The van der Waals surface area contributed by atoms with Crippen molar-refractivity contribution in [2.45, 2.75) is 0 Å². The number of rotatable bonds is 0. The molecule has 0 aromatic rings. The van der Waals surface area contributed by atoms with Gasteiger partial charge in [-0.05, 0) is 0 Å². The number of halogens is 5. The molecule has 0 spiro atoms. The molecule has 0 aliphatic carbocycles. The second-order valence-electron chi connectivity index (χ2n) is 0. The summed E-state index contributed by atoms with van der Waals surface area (Å²) in [5, 5.41) is 0. The van der Waals surface area contributed by atoms with Crippen LogP contribution in [0.3, 0.4) is 0 Å². The van der Waals surface area contributed by atoms with Crippen LogP contribution in [-0.4, -0.2) is 25.8 Å². The second-order valence-corrected chi connectivity index (χ2v) is 0. The maximum Gasteiger partial charge on any atom is 3.00 e. The van der Waals surface area contributed by atoms with E-state index >= 15 is 0 Å². The molecule has 1 radical (unpaired) electrons. The smallest absolute Gasteiger partial charge is 1.00 e. The maximum atomic E-state index is 0. The SMILES string of the molecule is [Cu+2].[I-].[I-].[I-].[I-].[I-].[In+3]. The van der Waals surface area contributed by atoms with E-state index in [1.165, 1.54) is 0 Å². The Labute approximate surface area is 159 Å². The predicted molar refractivity (Wildman–Crippen MR) is 5.75 cm³/mol. The largest absolute Gasteiger partial charge is 3.00 e. The Morgan fingerprint density at radius 3 is 0.429 bits per heavy atom. The third-order valence-corrected chi connectivity index (χ3v) is 0. The van der Waals surface area contributed by atoms with Crippen LogP contribution in [0.4, 0.5) is 0 Å². The molecule has 0 heterocycles. The first-order chi connectivity index (χ1) is 0. The van der Waals surface area contributed by atoms with Crippen LogP contribution in [0.1, 0.15) is 0 Å². The van der Waals surface area contributed by atoms with E-state index in [9.17, 15) is 0 Å². The summed E-state index contributed by atoms with van der Waals surface area (Å²) in [5.74, 6) is 0. The summed E-state index contributed by atoms with van der Waals surface area (Å²) in [6.45, 7) is 0. The van der Waals surface area contributed by atoms with E-state index in [2.05, 4.69) is 0 Å². The number of hydrogen-bond donors (Lipinski definition) is 0. The molecule has 0 N–H and O–H groups in total. The first kappa shape index (κ1) is 57.8. The van der Waals surface area contributed by atoms with Crippen molar-refractivity contribution in [1.82, 2.24) is 0 Å². The molecule has 0 nitrogen and oxygen atoms in total. The molecule has 0 aliphatic heterocycles. The molecule has 7 heavy (non-hydrogen) atoms. The molecule has 0 fully saturated rings. The molecule has 0 aromatic carbocycles. The Morgan fingerprint density at radius 2 is 0.429 bits per heavy atom. The summed E-state index contributed by atoms with van der Waals surface area (Å²) < 4.78 is 0. The zero-order chi connectivity index (χ0) is 0. The topological polar surface area (TPSA) is 0 Å². The molecule has 0 amide bonds. The van der Waals surface area contributed by atoms with Crippen LogP contribution in [-0.2, 0) is 17.1 Å². The zero-order valence-corrected chi connectivity index (χ0v) is 17.8. The molecule has 0 saturated heterocycles. The molecule has 0 aliphatic rings. The van der Waals surface area contributed by atoms with Gasteiger partial charge in [-0.2, -0.15) is 0 Å². The minimum atomic E-state index is 0. The molecule has 7 heteroatoms. The Kier molecular flexibility index (Phi) is 362. The van der Waals surface area contributed by atoms with Crippen molar-refractivity contribution in [1.29, 1.82) is 0 Å². The van der Waals surface area contributed by atoms with Gasteiger partial charge in [-0.25, -0.2) is 0 Å². The Morgan fingerprint density at radius 1 is 0.429 bits per heavy atom. The fourth-order valence-corrected chi connectivity index (χ4v) is 0. The van der Waals surface area contributed by atoms with E-state index in [-0.39, 0.29) is 163 Å². The molecular formula is CuI5In. The predicted octanol–water partition coefficient (Wildman–Crippen LogP) is -15.4. The van der Waals surface area contributed by atoms with Gasteiger partial charge in [0.15, 0.2) is 0 Å². The normalized spacial score (nSPS) is 0. The summed E-state index contributed by atoms with van der Waals surface area (Å²) >= 11 is 0. The van der Waals surface area contributed by atoms with Gasteiger partial charge in [0, 0.05) is 0 Å². The first-order valence-corrected chi connectivity index (χ1v) is 0. The second kappa shape index (κ2) is 43.8. The molecular weight excluding hydrogens is 813 g/mol. The van der Waals surface area contributed by atoms with Crippen LogP contribution < -0.4 is 120 Å². The third kappa shape index (κ3) is 35.5. The quantitative estimate of drug-likeness (QED) is 0.169. The minimum Gasteiger partial charge on any atom is -1.00 e. The van der Waals surface area contributed by atoms with Crippen LogP contribution >= 0.6 is 0 Å². The van der Waals surface area contributed by atoms with Gasteiger partial charge in [-0.3, -0.25) is 0 Å². The third-order valence-electron chi connectivity index (χ3n) is 0. The van der Waals surface area contributed by atoms with Crippen LogP contribution in [0.15, 0.2) is 0 Å². The van der Waals surface area contributed by atoms with Crippen molar-refractivity contribution in [2.24, 2.45) is 0 Å². The van der Waals surface area contributed by atoms with E-state index in [0.29, 0.717) is 0 Å². The van der Waals surface area contributed by atoms with Crippen LogP contribution in [0.2, 0.25) is 0 Å². The van der Waals surface area contributed by atoms with Gasteiger partial charge in [0.1, 0.15) is 0 Å². The Bertz CT molecular complexity index is 8.04. The van der Waals surface area contributed by atoms with Gasteiger partial charge < -0.3 is 120 Å². The Balaban J connectivity index is 0. The van der Waals surface area contributed by atoms with Gasteiger partial charge in [-0.1, -0.05) is 0 Å². The molecule has 0 rings (SSSR count). The van der Waals surface area contributed by atoms with Crippen molar-refractivity contribution in [2.75, 3.05) is 0 Å². The summed E-state index contributed by atoms with van der Waals surface area (Å²) in [5.41, 5.74) is 0. The van der Waals surface area contributed by atoms with Crippen LogP contribution in [0.25, 0.3) is 0 Å². The summed E-state index contributed by atoms with van der Waals surface area (Å²) in [6, 6.07) is 0. The molecule has 0 unspecified atom stereocenters. The maximum absolute atomic E-state index is 0. The summed E-state index contributed by atoms with van der Waals surface area (Å²) in [7, 11) is 0. The van der Waals surface area contributed by atoms with Crippen LogP contribution in [0, 0.1) is 0 Å². The number of hydrogen-bond acceptors (Lipinski definition) is 0. The summed E-state index contributed by atoms with van der Waals surface area (Å²) in [6.07, 6.45) is 0. The average molecular weight is 813 g/mol. The molecule has 0 bridgehead atoms. The summed E-state index contributed by atoms with van der Waals surface area (Å²) in [4.78, 5) is 0. The van der Waals surface area contributed by atoms with Gasteiger partial charge in [0.25, 0.3) is 0 Å². The van der Waals surface area contributed by atoms with Crippen molar-refractivity contribution in [3.05, 3.63) is 0 Å². The van der Waals surface area contributed by atoms with Crippen molar-refractivity contribution in [3.8, 4) is 0 Å². The fraction of sp³-hybridized carbons (Fsp3) is 0. The van der Waals surface area contributed by atoms with Crippen molar-refractivity contribution >= 4 is 25.8 Å². The Hall–Kier alpha value is 5.04. The minimum absolute atomic E-state index is 0. The first-order valence-electron chi connectivity index (χ1n) is 0. The van der Waals surface area contributed by atoms with E-state index in [1.54, 1.807) is 0 Å². The zero-order valence-electron chi connectivity index (χ0n) is 2.77. The van der Waals surface area contributed by atoms with Crippen LogP contribution in [0.5, 0.6) is 0 Å². The molecule has 0 saturated carbocycles. The molecule has 0 aromatic heterocycles. The van der Waals surface area contributed by atoms with E-state index in [4.69, 9.17) is 0 Å². The van der Waals surface area contributed by atoms with Gasteiger partial charge in [0.05, 0.1) is 0 Å². The van der Waals surface area contributed by atoms with E-state index < -0.39 is 0 Å². The molecule has 0 atom stereocenters. The molecule has 49 valence electrons.